The summed E-state index contributed by atoms with van der Waals surface area (Å²) in [4.78, 5) is 0. The van der Waals surface area contributed by atoms with Gasteiger partial charge in [-0.25, -0.2) is 13.2 Å². The molecule has 0 fully saturated rings. The van der Waals surface area contributed by atoms with E-state index in [1.54, 1.807) is 0 Å². The molecule has 0 heterocycles. The lowest BCUT2D eigenvalue weighted by molar-refractivity contribution is 0.176. The minimum atomic E-state index is -1.28. The van der Waals surface area contributed by atoms with Crippen LogP contribution in [0, 0.1) is 11.6 Å². The molecule has 0 aliphatic heterocycles. The van der Waals surface area contributed by atoms with Crippen LogP contribution in [-0.2, 0) is 0 Å². The summed E-state index contributed by atoms with van der Waals surface area (Å²) in [7, 11) is 0. The fourth-order valence-electron chi connectivity index (χ4n) is 0.721. The summed E-state index contributed by atoms with van der Waals surface area (Å²) < 4.78 is 41.0. The summed E-state index contributed by atoms with van der Waals surface area (Å²) in [5.41, 5.74) is 0. The normalized spacial score (nSPS) is 10.0. The van der Waals surface area contributed by atoms with Crippen LogP contribution in [0.4, 0.5) is 13.2 Å². The highest BCUT2D eigenvalue weighted by molar-refractivity contribution is 6.30. The van der Waals surface area contributed by atoms with E-state index in [1.807, 2.05) is 0 Å². The van der Waals surface area contributed by atoms with Crippen molar-refractivity contribution >= 4 is 11.6 Å². The third kappa shape index (κ3) is 1.82. The van der Waals surface area contributed by atoms with Crippen LogP contribution >= 0.6 is 11.6 Å². The van der Waals surface area contributed by atoms with Crippen molar-refractivity contribution in [3.05, 3.63) is 28.8 Å². The third-order valence-corrected chi connectivity index (χ3v) is 1.38. The number of alkyl halides is 1. The first kappa shape index (κ1) is 9.19. The van der Waals surface area contributed by atoms with Gasteiger partial charge in [0, 0.05) is 5.02 Å². The minimum absolute atomic E-state index is 0.101. The van der Waals surface area contributed by atoms with E-state index in [0.717, 1.165) is 12.1 Å². The van der Waals surface area contributed by atoms with Crippen LogP contribution in [0.1, 0.15) is 0 Å². The van der Waals surface area contributed by atoms with Gasteiger partial charge in [-0.05, 0) is 12.1 Å². The molecule has 1 rings (SSSR count). The van der Waals surface area contributed by atoms with Crippen molar-refractivity contribution in [3.63, 3.8) is 0 Å². The Bertz CT molecular complexity index is 267. The summed E-state index contributed by atoms with van der Waals surface area (Å²) in [6.07, 6.45) is 0. The van der Waals surface area contributed by atoms with Gasteiger partial charge in [0.2, 0.25) is 6.86 Å². The largest absolute Gasteiger partial charge is 0.457 e. The number of ether oxygens (including phenoxy) is 1. The van der Waals surface area contributed by atoms with Gasteiger partial charge < -0.3 is 4.74 Å². The maximum absolute atomic E-state index is 12.7. The van der Waals surface area contributed by atoms with Crippen LogP contribution in [-0.4, -0.2) is 6.86 Å². The minimum Gasteiger partial charge on any atom is -0.457 e. The highest BCUT2D eigenvalue weighted by Crippen LogP contribution is 2.25. The van der Waals surface area contributed by atoms with Crippen LogP contribution < -0.4 is 4.74 Å². The number of rotatable bonds is 2. The van der Waals surface area contributed by atoms with Gasteiger partial charge in [0.15, 0.2) is 17.4 Å². The van der Waals surface area contributed by atoms with Crippen molar-refractivity contribution in [2.45, 2.75) is 0 Å². The monoisotopic (exact) mass is 196 g/mol. The Morgan fingerprint density at radius 1 is 1.25 bits per heavy atom. The molecule has 0 saturated carbocycles. The highest BCUT2D eigenvalue weighted by Gasteiger charge is 2.11. The SMILES string of the molecule is FCOc1c(F)cc(Cl)cc1F. The molecule has 0 radical (unpaired) electrons. The van der Waals surface area contributed by atoms with Gasteiger partial charge in [0.25, 0.3) is 0 Å². The first-order valence-electron chi connectivity index (χ1n) is 2.98. The Balaban J connectivity index is 3.10. The smallest absolute Gasteiger partial charge is 0.228 e. The van der Waals surface area contributed by atoms with Crippen molar-refractivity contribution in [2.75, 3.05) is 6.86 Å². The molecule has 0 unspecified atom stereocenters. The van der Waals surface area contributed by atoms with Crippen molar-refractivity contribution in [2.24, 2.45) is 0 Å². The number of hydrogen-bond donors (Lipinski definition) is 0. The molecule has 0 bridgehead atoms. The number of halogens is 4. The van der Waals surface area contributed by atoms with E-state index in [4.69, 9.17) is 11.6 Å². The second-order valence-corrected chi connectivity index (χ2v) is 2.39. The average molecular weight is 197 g/mol. The fourth-order valence-corrected chi connectivity index (χ4v) is 0.913. The molecule has 0 aromatic heterocycles. The van der Waals surface area contributed by atoms with Gasteiger partial charge >= 0.3 is 0 Å². The second kappa shape index (κ2) is 3.67. The lowest BCUT2D eigenvalue weighted by atomic mass is 10.3. The molecule has 0 amide bonds. The summed E-state index contributed by atoms with van der Waals surface area (Å²) >= 11 is 5.29. The van der Waals surface area contributed by atoms with Crippen molar-refractivity contribution in [1.29, 1.82) is 0 Å². The van der Waals surface area contributed by atoms with Crippen LogP contribution in [0.5, 0.6) is 5.75 Å². The van der Waals surface area contributed by atoms with Crippen molar-refractivity contribution < 1.29 is 17.9 Å². The lowest BCUT2D eigenvalue weighted by Crippen LogP contribution is -1.96. The van der Waals surface area contributed by atoms with Crippen LogP contribution in [0.15, 0.2) is 12.1 Å². The Morgan fingerprint density at radius 2 is 1.75 bits per heavy atom. The van der Waals surface area contributed by atoms with E-state index >= 15 is 0 Å². The summed E-state index contributed by atoms with van der Waals surface area (Å²) in [6, 6.07) is 1.69. The molecule has 1 aromatic rings. The van der Waals surface area contributed by atoms with Crippen molar-refractivity contribution in [3.8, 4) is 5.75 Å². The molecule has 1 aromatic carbocycles. The third-order valence-electron chi connectivity index (χ3n) is 1.16. The van der Waals surface area contributed by atoms with E-state index in [1.165, 1.54) is 0 Å². The predicted molar refractivity (Wildman–Crippen MR) is 38.0 cm³/mol. The Labute approximate surface area is 71.7 Å². The first-order chi connectivity index (χ1) is 5.65. The molecule has 0 saturated heterocycles. The molecule has 1 nitrogen and oxygen atoms in total. The molecule has 0 aliphatic carbocycles. The highest BCUT2D eigenvalue weighted by atomic mass is 35.5. The van der Waals surface area contributed by atoms with Crippen LogP contribution in [0.2, 0.25) is 5.02 Å². The zero-order valence-electron chi connectivity index (χ0n) is 5.78. The summed E-state index contributed by atoms with van der Waals surface area (Å²) in [5.74, 6) is -2.78. The first-order valence-corrected chi connectivity index (χ1v) is 3.36. The average Bonchev–Trinajstić information content (AvgIpc) is 1.96. The molecule has 0 spiro atoms. The van der Waals surface area contributed by atoms with Gasteiger partial charge in [-0.15, -0.1) is 0 Å². The maximum atomic E-state index is 12.7. The van der Waals surface area contributed by atoms with Gasteiger partial charge in [0.1, 0.15) is 0 Å². The van der Waals surface area contributed by atoms with E-state index in [2.05, 4.69) is 4.74 Å². The standard InChI is InChI=1S/C7H4ClF3O/c8-4-1-5(10)7(12-3-9)6(11)2-4/h1-2H,3H2. The van der Waals surface area contributed by atoms with E-state index in [-0.39, 0.29) is 5.02 Å². The Morgan fingerprint density at radius 3 is 2.17 bits per heavy atom. The molecular formula is C7H4ClF3O. The topological polar surface area (TPSA) is 9.23 Å². The lowest BCUT2D eigenvalue weighted by Gasteiger charge is -2.03. The van der Waals surface area contributed by atoms with Gasteiger partial charge in [-0.2, -0.15) is 0 Å². The fraction of sp³-hybridized carbons (Fsp3) is 0.143. The van der Waals surface area contributed by atoms with E-state index in [9.17, 15) is 13.2 Å². The molecular weight excluding hydrogens is 193 g/mol. The molecule has 0 N–H and O–H groups in total. The summed E-state index contributed by atoms with van der Waals surface area (Å²) in [6.45, 7) is -1.28. The molecule has 0 aliphatic rings. The van der Waals surface area contributed by atoms with Gasteiger partial charge in [0.05, 0.1) is 0 Å². The molecule has 5 heteroatoms. The Kier molecular flexibility index (Phi) is 2.81. The predicted octanol–water partition coefficient (Wildman–Crippen LogP) is 2.92. The molecule has 66 valence electrons. The van der Waals surface area contributed by atoms with E-state index in [0.29, 0.717) is 0 Å². The van der Waals surface area contributed by atoms with Crippen molar-refractivity contribution in [1.82, 2.24) is 0 Å². The molecule has 12 heavy (non-hydrogen) atoms. The zero-order valence-corrected chi connectivity index (χ0v) is 6.54. The zero-order chi connectivity index (χ0) is 9.14. The number of hydrogen-bond acceptors (Lipinski definition) is 1. The van der Waals surface area contributed by atoms with Crippen LogP contribution in [0.3, 0.4) is 0 Å². The quantitative estimate of drug-likeness (QED) is 0.707. The van der Waals surface area contributed by atoms with Crippen LogP contribution in [0.25, 0.3) is 0 Å². The molecule has 0 atom stereocenters. The maximum Gasteiger partial charge on any atom is 0.228 e. The van der Waals surface area contributed by atoms with Gasteiger partial charge in [-0.3, -0.25) is 0 Å². The second-order valence-electron chi connectivity index (χ2n) is 1.95. The van der Waals surface area contributed by atoms with E-state index < -0.39 is 24.2 Å². The summed E-state index contributed by atoms with van der Waals surface area (Å²) in [5, 5.41) is -0.101. The van der Waals surface area contributed by atoms with Gasteiger partial charge in [-0.1, -0.05) is 11.6 Å². The number of benzene rings is 1. The Hall–Kier alpha value is -0.900.